The van der Waals surface area contributed by atoms with Gasteiger partial charge in [0, 0.05) is 25.1 Å². The Morgan fingerprint density at radius 2 is 2.17 bits per heavy atom. The number of nitrogens with zero attached hydrogens (tertiary/aromatic N) is 2. The molecule has 0 spiro atoms. The SMILES string of the molecule is C#CCOc1ccc([C@H]2CC(=O)Nc3c2c(=O)nc(SCCC)n3C)cc1OC. The molecule has 8 heteroatoms. The molecule has 0 bridgehead atoms. The second-order valence-corrected chi connectivity index (χ2v) is 7.64. The van der Waals surface area contributed by atoms with Crippen LogP contribution in [0, 0.1) is 12.3 Å². The van der Waals surface area contributed by atoms with Crippen molar-refractivity contribution in [3.63, 3.8) is 0 Å². The average Bonchev–Trinajstić information content (AvgIpc) is 2.72. The number of rotatable bonds is 7. The van der Waals surface area contributed by atoms with Gasteiger partial charge in [-0.2, -0.15) is 4.98 Å². The maximum atomic E-state index is 12.9. The molecule has 0 radical (unpaired) electrons. The van der Waals surface area contributed by atoms with Crippen molar-refractivity contribution >= 4 is 23.5 Å². The second kappa shape index (κ2) is 9.05. The van der Waals surface area contributed by atoms with Crippen LogP contribution >= 0.6 is 11.8 Å². The lowest BCUT2D eigenvalue weighted by atomic mass is 9.86. The highest BCUT2D eigenvalue weighted by Gasteiger charge is 2.32. The summed E-state index contributed by atoms with van der Waals surface area (Å²) >= 11 is 1.50. The largest absolute Gasteiger partial charge is 0.493 e. The summed E-state index contributed by atoms with van der Waals surface area (Å²) in [4.78, 5) is 29.6. The zero-order chi connectivity index (χ0) is 21.0. The second-order valence-electron chi connectivity index (χ2n) is 6.58. The van der Waals surface area contributed by atoms with Crippen molar-refractivity contribution in [2.24, 2.45) is 7.05 Å². The van der Waals surface area contributed by atoms with E-state index in [4.69, 9.17) is 15.9 Å². The molecule has 1 aromatic heterocycles. The van der Waals surface area contributed by atoms with Gasteiger partial charge < -0.3 is 19.4 Å². The number of amides is 1. The summed E-state index contributed by atoms with van der Waals surface area (Å²) in [6.07, 6.45) is 6.36. The summed E-state index contributed by atoms with van der Waals surface area (Å²) in [5, 5.41) is 3.44. The topological polar surface area (TPSA) is 82.5 Å². The third-order valence-electron chi connectivity index (χ3n) is 4.64. The molecule has 7 nitrogen and oxygen atoms in total. The minimum Gasteiger partial charge on any atom is -0.493 e. The molecule has 0 fully saturated rings. The van der Waals surface area contributed by atoms with Crippen LogP contribution in [0.4, 0.5) is 5.82 Å². The summed E-state index contributed by atoms with van der Waals surface area (Å²) in [6.45, 7) is 2.18. The van der Waals surface area contributed by atoms with Crippen LogP contribution in [0.5, 0.6) is 11.5 Å². The quantitative estimate of drug-likeness (QED) is 0.427. The van der Waals surface area contributed by atoms with Crippen molar-refractivity contribution in [1.82, 2.24) is 9.55 Å². The predicted octanol–water partition coefficient (Wildman–Crippen LogP) is 2.78. The van der Waals surface area contributed by atoms with E-state index in [0.29, 0.717) is 28.0 Å². The first kappa shape index (κ1) is 20.8. The van der Waals surface area contributed by atoms with Crippen LogP contribution < -0.4 is 20.3 Å². The van der Waals surface area contributed by atoms with Crippen LogP contribution in [0.25, 0.3) is 0 Å². The van der Waals surface area contributed by atoms with E-state index in [1.807, 2.05) is 13.1 Å². The Balaban J connectivity index is 2.07. The summed E-state index contributed by atoms with van der Waals surface area (Å²) in [6, 6.07) is 5.33. The number of hydrogen-bond acceptors (Lipinski definition) is 6. The van der Waals surface area contributed by atoms with Gasteiger partial charge in [-0.1, -0.05) is 30.7 Å². The Labute approximate surface area is 173 Å². The van der Waals surface area contributed by atoms with E-state index in [1.54, 1.807) is 16.7 Å². The summed E-state index contributed by atoms with van der Waals surface area (Å²) in [5.74, 6) is 4.17. The van der Waals surface area contributed by atoms with Crippen LogP contribution in [0.2, 0.25) is 0 Å². The number of carbonyl (C=O) groups excluding carboxylic acids is 1. The molecule has 1 aliphatic rings. The molecule has 29 heavy (non-hydrogen) atoms. The molecule has 2 aromatic rings. The number of fused-ring (bicyclic) bond motifs is 1. The number of anilines is 1. The number of nitrogens with one attached hydrogen (secondary N) is 1. The summed E-state index contributed by atoms with van der Waals surface area (Å²) < 4.78 is 12.7. The Hall–Kier alpha value is -2.92. The number of benzene rings is 1. The van der Waals surface area contributed by atoms with E-state index in [9.17, 15) is 9.59 Å². The number of aromatic nitrogens is 2. The van der Waals surface area contributed by atoms with Crippen molar-refractivity contribution < 1.29 is 14.3 Å². The number of ether oxygens (including phenoxy) is 2. The minimum atomic E-state index is -0.425. The molecule has 0 unspecified atom stereocenters. The van der Waals surface area contributed by atoms with Crippen molar-refractivity contribution in [1.29, 1.82) is 0 Å². The molecule has 3 rings (SSSR count). The zero-order valence-corrected chi connectivity index (χ0v) is 17.5. The van der Waals surface area contributed by atoms with Gasteiger partial charge in [0.25, 0.3) is 5.56 Å². The lowest BCUT2D eigenvalue weighted by molar-refractivity contribution is -0.116. The Morgan fingerprint density at radius 1 is 1.38 bits per heavy atom. The first-order chi connectivity index (χ1) is 14.0. The van der Waals surface area contributed by atoms with Crippen LogP contribution in [-0.4, -0.2) is 34.9 Å². The molecule has 1 atom stereocenters. The highest BCUT2D eigenvalue weighted by atomic mass is 32.2. The first-order valence-corrected chi connectivity index (χ1v) is 10.3. The molecule has 1 aromatic carbocycles. The van der Waals surface area contributed by atoms with Crippen molar-refractivity contribution in [3.05, 3.63) is 39.7 Å². The molecule has 2 heterocycles. The lowest BCUT2D eigenvalue weighted by Gasteiger charge is -2.28. The molecule has 1 aliphatic heterocycles. The van der Waals surface area contributed by atoms with Gasteiger partial charge in [-0.3, -0.25) is 9.59 Å². The number of terminal acetylenes is 1. The third-order valence-corrected chi connectivity index (χ3v) is 5.87. The van der Waals surface area contributed by atoms with Gasteiger partial charge >= 0.3 is 0 Å². The van der Waals surface area contributed by atoms with Crippen LogP contribution in [0.3, 0.4) is 0 Å². The fraction of sp³-hybridized carbons (Fsp3) is 0.381. The van der Waals surface area contributed by atoms with Gasteiger partial charge in [-0.05, 0) is 24.1 Å². The number of hydrogen-bond donors (Lipinski definition) is 1. The van der Waals surface area contributed by atoms with Crippen molar-refractivity contribution in [2.75, 3.05) is 24.8 Å². The van der Waals surface area contributed by atoms with Gasteiger partial charge in [-0.25, -0.2) is 0 Å². The molecule has 1 amide bonds. The fourth-order valence-electron chi connectivity index (χ4n) is 3.28. The van der Waals surface area contributed by atoms with E-state index in [-0.39, 0.29) is 24.5 Å². The lowest BCUT2D eigenvalue weighted by Crippen LogP contribution is -2.33. The van der Waals surface area contributed by atoms with Crippen molar-refractivity contribution in [3.8, 4) is 23.8 Å². The maximum absolute atomic E-state index is 12.9. The fourth-order valence-corrected chi connectivity index (χ4v) is 4.10. The van der Waals surface area contributed by atoms with Gasteiger partial charge in [0.2, 0.25) is 5.91 Å². The Bertz CT molecular complexity index is 1030. The molecule has 1 N–H and O–H groups in total. The highest BCUT2D eigenvalue weighted by molar-refractivity contribution is 7.99. The molecule has 152 valence electrons. The van der Waals surface area contributed by atoms with E-state index < -0.39 is 5.92 Å². The molecular formula is C21H23N3O4S. The molecular weight excluding hydrogens is 390 g/mol. The number of thioether (sulfide) groups is 1. The summed E-state index contributed by atoms with van der Waals surface area (Å²) in [5.41, 5.74) is 0.930. The number of methoxy groups -OCH3 is 1. The standard InChI is InChI=1S/C21H23N3O4S/c1-5-9-28-15-8-7-13(11-16(15)27-4)14-12-17(25)22-19-18(14)20(26)23-21(24(19)3)29-10-6-2/h1,7-8,11,14H,6,9-10,12H2,2-4H3,(H,22,25)/t14-/m1/s1. The average molecular weight is 413 g/mol. The molecule has 0 saturated heterocycles. The maximum Gasteiger partial charge on any atom is 0.279 e. The van der Waals surface area contributed by atoms with E-state index in [1.165, 1.54) is 18.9 Å². The van der Waals surface area contributed by atoms with Crippen LogP contribution in [0.15, 0.2) is 28.2 Å². The van der Waals surface area contributed by atoms with E-state index in [0.717, 1.165) is 17.7 Å². The summed E-state index contributed by atoms with van der Waals surface area (Å²) in [7, 11) is 3.34. The van der Waals surface area contributed by atoms with Gasteiger partial charge in [0.15, 0.2) is 16.7 Å². The third kappa shape index (κ3) is 4.25. The normalized spacial score (nSPS) is 15.2. The minimum absolute atomic E-state index is 0.118. The van der Waals surface area contributed by atoms with Gasteiger partial charge in [0.1, 0.15) is 12.4 Å². The smallest absolute Gasteiger partial charge is 0.279 e. The van der Waals surface area contributed by atoms with Crippen LogP contribution in [-0.2, 0) is 11.8 Å². The first-order valence-electron chi connectivity index (χ1n) is 9.27. The number of carbonyl (C=O) groups is 1. The monoisotopic (exact) mass is 413 g/mol. The van der Waals surface area contributed by atoms with E-state index >= 15 is 0 Å². The Kier molecular flexibility index (Phi) is 6.49. The predicted molar refractivity (Wildman–Crippen MR) is 113 cm³/mol. The zero-order valence-electron chi connectivity index (χ0n) is 16.7. The molecule has 0 saturated carbocycles. The van der Waals surface area contributed by atoms with Gasteiger partial charge in [-0.15, -0.1) is 6.42 Å². The van der Waals surface area contributed by atoms with E-state index in [2.05, 4.69) is 23.1 Å². The van der Waals surface area contributed by atoms with Crippen LogP contribution in [0.1, 0.15) is 36.8 Å². The Morgan fingerprint density at radius 3 is 2.86 bits per heavy atom. The van der Waals surface area contributed by atoms with Gasteiger partial charge in [0.05, 0.1) is 12.7 Å². The highest BCUT2D eigenvalue weighted by Crippen LogP contribution is 2.39. The van der Waals surface area contributed by atoms with Crippen molar-refractivity contribution in [2.45, 2.75) is 30.8 Å². The molecule has 0 aliphatic carbocycles.